The van der Waals surface area contributed by atoms with E-state index in [9.17, 15) is 19.2 Å². The number of carbonyl (C=O) groups excluding carboxylic acids is 4. The molecule has 152 valence electrons. The molecule has 0 fully saturated rings. The lowest BCUT2D eigenvalue weighted by molar-refractivity contribution is -0.153. The van der Waals surface area contributed by atoms with Crippen LogP contribution in [0, 0.1) is 13.8 Å². The summed E-state index contributed by atoms with van der Waals surface area (Å²) in [5.41, 5.74) is 3.57. The third-order valence-electron chi connectivity index (χ3n) is 4.60. The van der Waals surface area contributed by atoms with Gasteiger partial charge < -0.3 is 10.1 Å². The molecule has 0 aromatic heterocycles. The lowest BCUT2D eigenvalue weighted by Gasteiger charge is -2.14. The lowest BCUT2D eigenvalue weighted by atomic mass is 10.0. The molecule has 0 unspecified atom stereocenters. The minimum absolute atomic E-state index is 0.0102. The van der Waals surface area contributed by atoms with Gasteiger partial charge in [0, 0.05) is 23.2 Å². The van der Waals surface area contributed by atoms with Gasteiger partial charge in [-0.1, -0.05) is 24.3 Å². The number of rotatable bonds is 8. The predicted molar refractivity (Wildman–Crippen MR) is 110 cm³/mol. The number of nitrogens with one attached hydrogen (secondary N) is 1. The number of Topliss-reactive ketones (excluding diaryl/α,β-unsaturated/α-hetero) is 2. The van der Waals surface area contributed by atoms with E-state index >= 15 is 0 Å². The molecule has 0 aliphatic rings. The van der Waals surface area contributed by atoms with Crippen LogP contribution in [0.2, 0.25) is 0 Å². The maximum absolute atomic E-state index is 12.2. The zero-order chi connectivity index (χ0) is 21.6. The number of hydrogen-bond donors (Lipinski definition) is 1. The first-order valence-electron chi connectivity index (χ1n) is 9.39. The maximum Gasteiger partial charge on any atom is 0.307 e. The standard InChI is InChI=1S/C23H25NO5/c1-14-8-9-19(12-15(14)2)21(26)10-11-22(27)29-17(4)23(28)24-20-7-5-6-18(13-20)16(3)25/h5-9,12-13,17H,10-11H2,1-4H3,(H,24,28)/t17-/m0/s1. The Labute approximate surface area is 170 Å². The van der Waals surface area contributed by atoms with Gasteiger partial charge in [0.25, 0.3) is 5.91 Å². The number of benzene rings is 2. The second kappa shape index (κ2) is 9.78. The summed E-state index contributed by atoms with van der Waals surface area (Å²) in [7, 11) is 0. The van der Waals surface area contributed by atoms with Crippen LogP contribution in [0.4, 0.5) is 5.69 Å². The Morgan fingerprint density at radius 1 is 0.931 bits per heavy atom. The minimum atomic E-state index is -1.03. The zero-order valence-corrected chi connectivity index (χ0v) is 17.1. The number of hydrogen-bond acceptors (Lipinski definition) is 5. The van der Waals surface area contributed by atoms with Gasteiger partial charge in [-0.2, -0.15) is 0 Å². The number of carbonyl (C=O) groups is 4. The van der Waals surface area contributed by atoms with E-state index < -0.39 is 18.0 Å². The second-order valence-corrected chi connectivity index (χ2v) is 6.98. The molecule has 1 N–H and O–H groups in total. The fourth-order valence-electron chi connectivity index (χ4n) is 2.64. The topological polar surface area (TPSA) is 89.5 Å². The summed E-state index contributed by atoms with van der Waals surface area (Å²) in [5, 5.41) is 2.61. The molecule has 0 spiro atoms. The number of esters is 1. The van der Waals surface area contributed by atoms with E-state index in [0.717, 1.165) is 11.1 Å². The third-order valence-corrected chi connectivity index (χ3v) is 4.60. The number of amides is 1. The van der Waals surface area contributed by atoms with Crippen LogP contribution in [-0.4, -0.2) is 29.5 Å². The molecule has 0 bridgehead atoms. The van der Waals surface area contributed by atoms with Crippen LogP contribution in [0.25, 0.3) is 0 Å². The number of anilines is 1. The highest BCUT2D eigenvalue weighted by molar-refractivity contribution is 5.99. The highest BCUT2D eigenvalue weighted by atomic mass is 16.5. The molecule has 29 heavy (non-hydrogen) atoms. The molecule has 0 heterocycles. The van der Waals surface area contributed by atoms with E-state index in [1.54, 1.807) is 36.4 Å². The molecular weight excluding hydrogens is 370 g/mol. The molecular formula is C23H25NO5. The number of aryl methyl sites for hydroxylation is 2. The Balaban J connectivity index is 1.85. The van der Waals surface area contributed by atoms with Crippen LogP contribution in [-0.2, 0) is 14.3 Å². The minimum Gasteiger partial charge on any atom is -0.453 e. The fraction of sp³-hybridized carbons (Fsp3) is 0.304. The summed E-state index contributed by atoms with van der Waals surface area (Å²) >= 11 is 0. The normalized spacial score (nSPS) is 11.4. The van der Waals surface area contributed by atoms with E-state index in [1.807, 2.05) is 19.9 Å². The van der Waals surface area contributed by atoms with Gasteiger partial charge in [0.15, 0.2) is 17.7 Å². The van der Waals surface area contributed by atoms with Crippen LogP contribution in [0.3, 0.4) is 0 Å². The van der Waals surface area contributed by atoms with Crippen LogP contribution in [0.1, 0.15) is 58.5 Å². The molecule has 0 radical (unpaired) electrons. The maximum atomic E-state index is 12.2. The Bertz CT molecular complexity index is 948. The van der Waals surface area contributed by atoms with Crippen molar-refractivity contribution >= 4 is 29.1 Å². The summed E-state index contributed by atoms with van der Waals surface area (Å²) in [6.07, 6.45) is -1.13. The van der Waals surface area contributed by atoms with Crippen LogP contribution in [0.5, 0.6) is 0 Å². The van der Waals surface area contributed by atoms with E-state index in [1.165, 1.54) is 13.8 Å². The smallest absolute Gasteiger partial charge is 0.307 e. The highest BCUT2D eigenvalue weighted by Gasteiger charge is 2.19. The molecule has 2 rings (SSSR count). The predicted octanol–water partition coefficient (Wildman–Crippen LogP) is 4.04. The second-order valence-electron chi connectivity index (χ2n) is 6.98. The van der Waals surface area contributed by atoms with E-state index in [0.29, 0.717) is 16.8 Å². The third kappa shape index (κ3) is 6.38. The van der Waals surface area contributed by atoms with Gasteiger partial charge in [-0.3, -0.25) is 19.2 Å². The first-order chi connectivity index (χ1) is 13.7. The van der Waals surface area contributed by atoms with Crippen molar-refractivity contribution in [2.24, 2.45) is 0 Å². The molecule has 0 saturated carbocycles. The van der Waals surface area contributed by atoms with Crippen molar-refractivity contribution in [3.8, 4) is 0 Å². The zero-order valence-electron chi connectivity index (χ0n) is 17.1. The molecule has 1 amide bonds. The molecule has 2 aromatic rings. The first-order valence-corrected chi connectivity index (χ1v) is 9.39. The van der Waals surface area contributed by atoms with Crippen molar-refractivity contribution < 1.29 is 23.9 Å². The van der Waals surface area contributed by atoms with Crippen molar-refractivity contribution in [1.29, 1.82) is 0 Å². The number of ketones is 2. The van der Waals surface area contributed by atoms with Crippen molar-refractivity contribution in [1.82, 2.24) is 0 Å². The largest absolute Gasteiger partial charge is 0.453 e. The Kier molecular flexibility index (Phi) is 7.42. The Morgan fingerprint density at radius 2 is 1.66 bits per heavy atom. The van der Waals surface area contributed by atoms with E-state index in [-0.39, 0.29) is 24.4 Å². The number of ether oxygens (including phenoxy) is 1. The van der Waals surface area contributed by atoms with Gasteiger partial charge in [-0.25, -0.2) is 0 Å². The van der Waals surface area contributed by atoms with Crippen LogP contribution < -0.4 is 5.32 Å². The summed E-state index contributed by atoms with van der Waals surface area (Å²) < 4.78 is 5.12. The Morgan fingerprint density at radius 3 is 2.31 bits per heavy atom. The van der Waals surface area contributed by atoms with E-state index in [4.69, 9.17) is 4.74 Å². The molecule has 6 heteroatoms. The molecule has 0 aliphatic carbocycles. The summed E-state index contributed by atoms with van der Waals surface area (Å²) in [4.78, 5) is 47.9. The Hall–Kier alpha value is -3.28. The van der Waals surface area contributed by atoms with Crippen LogP contribution >= 0.6 is 0 Å². The molecule has 0 aliphatic heterocycles. The van der Waals surface area contributed by atoms with Crippen LogP contribution in [0.15, 0.2) is 42.5 Å². The van der Waals surface area contributed by atoms with Gasteiger partial charge in [-0.15, -0.1) is 0 Å². The summed E-state index contributed by atoms with van der Waals surface area (Å²) in [6.45, 7) is 6.77. The molecule has 2 aromatic carbocycles. The quantitative estimate of drug-likeness (QED) is 0.538. The average molecular weight is 395 g/mol. The average Bonchev–Trinajstić information content (AvgIpc) is 2.68. The SMILES string of the molecule is CC(=O)c1cccc(NC(=O)[C@H](C)OC(=O)CCC(=O)c2ccc(C)c(C)c2)c1. The summed E-state index contributed by atoms with van der Waals surface area (Å²) in [6, 6.07) is 11.9. The van der Waals surface area contributed by atoms with Gasteiger partial charge >= 0.3 is 5.97 Å². The monoisotopic (exact) mass is 395 g/mol. The molecule has 6 nitrogen and oxygen atoms in total. The van der Waals surface area contributed by atoms with Crippen molar-refractivity contribution in [3.05, 3.63) is 64.7 Å². The summed E-state index contributed by atoms with van der Waals surface area (Å²) in [5.74, 6) is -1.40. The van der Waals surface area contributed by atoms with Gasteiger partial charge in [0.05, 0.1) is 6.42 Å². The van der Waals surface area contributed by atoms with Gasteiger partial charge in [0.1, 0.15) is 0 Å². The molecule has 1 atom stereocenters. The van der Waals surface area contributed by atoms with Gasteiger partial charge in [-0.05, 0) is 57.0 Å². The molecule has 0 saturated heterocycles. The first kappa shape index (κ1) is 22.0. The highest BCUT2D eigenvalue weighted by Crippen LogP contribution is 2.14. The van der Waals surface area contributed by atoms with Gasteiger partial charge in [0.2, 0.25) is 0 Å². The van der Waals surface area contributed by atoms with E-state index in [2.05, 4.69) is 5.32 Å². The fourth-order valence-corrected chi connectivity index (χ4v) is 2.64. The van der Waals surface area contributed by atoms with Crippen molar-refractivity contribution in [2.45, 2.75) is 46.6 Å². The lowest BCUT2D eigenvalue weighted by Crippen LogP contribution is -2.30. The van der Waals surface area contributed by atoms with Crippen molar-refractivity contribution in [3.63, 3.8) is 0 Å². The van der Waals surface area contributed by atoms with Crippen molar-refractivity contribution in [2.75, 3.05) is 5.32 Å².